The molecule has 0 aliphatic heterocycles. The SMILES string of the molecule is CCCCOC(=O)Nc1ccc(C)c(O)c1. The van der Waals surface area contributed by atoms with Crippen molar-refractivity contribution in [3.63, 3.8) is 0 Å². The molecule has 16 heavy (non-hydrogen) atoms. The van der Waals surface area contributed by atoms with Crippen molar-refractivity contribution in [2.75, 3.05) is 11.9 Å². The van der Waals surface area contributed by atoms with Gasteiger partial charge in [0.15, 0.2) is 0 Å². The van der Waals surface area contributed by atoms with Crippen molar-refractivity contribution in [2.45, 2.75) is 26.7 Å². The molecule has 4 heteroatoms. The van der Waals surface area contributed by atoms with Crippen LogP contribution in [0.4, 0.5) is 10.5 Å². The molecular weight excluding hydrogens is 206 g/mol. The predicted molar refractivity (Wildman–Crippen MR) is 62.7 cm³/mol. The Morgan fingerprint density at radius 1 is 1.50 bits per heavy atom. The molecule has 0 aliphatic carbocycles. The Hall–Kier alpha value is -1.71. The molecule has 88 valence electrons. The number of phenols is 1. The molecule has 0 bridgehead atoms. The maximum Gasteiger partial charge on any atom is 0.411 e. The normalized spacial score (nSPS) is 9.88. The van der Waals surface area contributed by atoms with Crippen LogP contribution in [0.1, 0.15) is 25.3 Å². The fourth-order valence-electron chi connectivity index (χ4n) is 1.15. The van der Waals surface area contributed by atoms with Crippen LogP contribution in [0.2, 0.25) is 0 Å². The molecule has 0 aromatic heterocycles. The summed E-state index contributed by atoms with van der Waals surface area (Å²) in [6.07, 6.45) is 1.35. The number of hydrogen-bond acceptors (Lipinski definition) is 3. The zero-order chi connectivity index (χ0) is 12.0. The van der Waals surface area contributed by atoms with Gasteiger partial charge in [0, 0.05) is 11.8 Å². The maximum absolute atomic E-state index is 11.3. The number of aryl methyl sites for hydroxylation is 1. The zero-order valence-corrected chi connectivity index (χ0v) is 9.62. The summed E-state index contributed by atoms with van der Waals surface area (Å²) in [4.78, 5) is 11.3. The minimum atomic E-state index is -0.489. The van der Waals surface area contributed by atoms with Gasteiger partial charge in [0.05, 0.1) is 6.61 Å². The average molecular weight is 223 g/mol. The van der Waals surface area contributed by atoms with Crippen LogP contribution in [-0.2, 0) is 4.74 Å². The first-order valence-electron chi connectivity index (χ1n) is 5.37. The number of phenolic OH excluding ortho intramolecular Hbond substituents is 1. The summed E-state index contributed by atoms with van der Waals surface area (Å²) in [5.41, 5.74) is 1.30. The van der Waals surface area contributed by atoms with E-state index in [-0.39, 0.29) is 5.75 Å². The van der Waals surface area contributed by atoms with E-state index < -0.39 is 6.09 Å². The van der Waals surface area contributed by atoms with Crippen molar-refractivity contribution in [1.82, 2.24) is 0 Å². The van der Waals surface area contributed by atoms with Gasteiger partial charge in [-0.15, -0.1) is 0 Å². The van der Waals surface area contributed by atoms with Crippen molar-refractivity contribution in [2.24, 2.45) is 0 Å². The lowest BCUT2D eigenvalue weighted by Crippen LogP contribution is -2.14. The van der Waals surface area contributed by atoms with Crippen molar-refractivity contribution in [3.05, 3.63) is 23.8 Å². The van der Waals surface area contributed by atoms with Crippen LogP contribution in [0, 0.1) is 6.92 Å². The molecule has 1 aromatic carbocycles. The van der Waals surface area contributed by atoms with Crippen molar-refractivity contribution >= 4 is 11.8 Å². The summed E-state index contributed by atoms with van der Waals surface area (Å²) in [5.74, 6) is 0.159. The molecule has 1 rings (SSSR count). The number of carbonyl (C=O) groups excluding carboxylic acids is 1. The van der Waals surface area contributed by atoms with Gasteiger partial charge in [0.25, 0.3) is 0 Å². The third-order valence-electron chi connectivity index (χ3n) is 2.19. The van der Waals surface area contributed by atoms with Crippen LogP contribution < -0.4 is 5.32 Å². The number of anilines is 1. The first-order valence-corrected chi connectivity index (χ1v) is 5.37. The number of rotatable bonds is 4. The van der Waals surface area contributed by atoms with Gasteiger partial charge < -0.3 is 9.84 Å². The van der Waals surface area contributed by atoms with Gasteiger partial charge in [-0.3, -0.25) is 5.32 Å². The van der Waals surface area contributed by atoms with Gasteiger partial charge in [0.1, 0.15) is 5.75 Å². The summed E-state index contributed by atoms with van der Waals surface area (Å²) in [7, 11) is 0. The Morgan fingerprint density at radius 3 is 2.88 bits per heavy atom. The molecule has 0 heterocycles. The highest BCUT2D eigenvalue weighted by molar-refractivity contribution is 5.84. The van der Waals surface area contributed by atoms with E-state index in [0.29, 0.717) is 12.3 Å². The van der Waals surface area contributed by atoms with Crippen LogP contribution in [0.25, 0.3) is 0 Å². The second-order valence-corrected chi connectivity index (χ2v) is 3.62. The van der Waals surface area contributed by atoms with E-state index in [4.69, 9.17) is 4.74 Å². The quantitative estimate of drug-likeness (QED) is 0.771. The molecular formula is C12H17NO3. The van der Waals surface area contributed by atoms with E-state index in [1.54, 1.807) is 19.1 Å². The third-order valence-corrected chi connectivity index (χ3v) is 2.19. The largest absolute Gasteiger partial charge is 0.508 e. The molecule has 1 aromatic rings. The van der Waals surface area contributed by atoms with Crippen LogP contribution in [0.3, 0.4) is 0 Å². The van der Waals surface area contributed by atoms with Crippen LogP contribution >= 0.6 is 0 Å². The van der Waals surface area contributed by atoms with Gasteiger partial charge in [-0.25, -0.2) is 4.79 Å². The smallest absolute Gasteiger partial charge is 0.411 e. The molecule has 0 saturated carbocycles. The number of unbranched alkanes of at least 4 members (excludes halogenated alkanes) is 1. The Bertz CT molecular complexity index is 363. The van der Waals surface area contributed by atoms with E-state index in [0.717, 1.165) is 18.4 Å². The Labute approximate surface area is 95.2 Å². The number of benzene rings is 1. The number of ether oxygens (including phenoxy) is 1. The lowest BCUT2D eigenvalue weighted by Gasteiger charge is -2.07. The van der Waals surface area contributed by atoms with E-state index in [1.807, 2.05) is 6.92 Å². The topological polar surface area (TPSA) is 58.6 Å². The lowest BCUT2D eigenvalue weighted by atomic mass is 10.2. The summed E-state index contributed by atoms with van der Waals surface area (Å²) >= 11 is 0. The molecule has 0 atom stereocenters. The highest BCUT2D eigenvalue weighted by Gasteiger charge is 2.04. The van der Waals surface area contributed by atoms with E-state index in [9.17, 15) is 9.90 Å². The Balaban J connectivity index is 2.46. The first kappa shape index (κ1) is 12.4. The van der Waals surface area contributed by atoms with Gasteiger partial charge in [-0.1, -0.05) is 19.4 Å². The minimum absolute atomic E-state index is 0.159. The lowest BCUT2D eigenvalue weighted by molar-refractivity contribution is 0.160. The average Bonchev–Trinajstić information content (AvgIpc) is 2.24. The number of nitrogens with one attached hydrogen (secondary N) is 1. The van der Waals surface area contributed by atoms with Gasteiger partial charge in [-0.05, 0) is 25.0 Å². The Morgan fingerprint density at radius 2 is 2.25 bits per heavy atom. The predicted octanol–water partition coefficient (Wildman–Crippen LogP) is 3.05. The van der Waals surface area contributed by atoms with Crippen molar-refractivity contribution in [3.8, 4) is 5.75 Å². The maximum atomic E-state index is 11.3. The first-order chi connectivity index (χ1) is 7.63. The summed E-state index contributed by atoms with van der Waals surface area (Å²) in [5, 5.41) is 12.0. The minimum Gasteiger partial charge on any atom is -0.508 e. The third kappa shape index (κ3) is 3.81. The number of hydrogen-bond donors (Lipinski definition) is 2. The second kappa shape index (κ2) is 6.00. The monoisotopic (exact) mass is 223 g/mol. The molecule has 0 saturated heterocycles. The number of amides is 1. The molecule has 0 fully saturated rings. The van der Waals surface area contributed by atoms with Crippen molar-refractivity contribution in [1.29, 1.82) is 0 Å². The van der Waals surface area contributed by atoms with E-state index >= 15 is 0 Å². The van der Waals surface area contributed by atoms with Gasteiger partial charge >= 0.3 is 6.09 Å². The molecule has 0 aliphatic rings. The van der Waals surface area contributed by atoms with Crippen LogP contribution in [0.15, 0.2) is 18.2 Å². The fourth-order valence-corrected chi connectivity index (χ4v) is 1.15. The highest BCUT2D eigenvalue weighted by Crippen LogP contribution is 2.20. The number of carbonyl (C=O) groups is 1. The summed E-state index contributed by atoms with van der Waals surface area (Å²) in [6.45, 7) is 4.23. The Kier molecular flexibility index (Phi) is 4.64. The van der Waals surface area contributed by atoms with E-state index in [1.165, 1.54) is 6.07 Å². The molecule has 0 unspecified atom stereocenters. The molecule has 4 nitrogen and oxygen atoms in total. The van der Waals surface area contributed by atoms with Gasteiger partial charge in [-0.2, -0.15) is 0 Å². The highest BCUT2D eigenvalue weighted by atomic mass is 16.5. The van der Waals surface area contributed by atoms with Crippen molar-refractivity contribution < 1.29 is 14.6 Å². The number of aromatic hydroxyl groups is 1. The summed E-state index contributed by atoms with van der Waals surface area (Å²) < 4.78 is 4.92. The molecule has 0 spiro atoms. The van der Waals surface area contributed by atoms with E-state index in [2.05, 4.69) is 5.32 Å². The summed E-state index contributed by atoms with van der Waals surface area (Å²) in [6, 6.07) is 4.95. The molecule has 1 amide bonds. The zero-order valence-electron chi connectivity index (χ0n) is 9.62. The molecule has 2 N–H and O–H groups in total. The standard InChI is InChI=1S/C12H17NO3/c1-3-4-7-16-12(15)13-10-6-5-9(2)11(14)8-10/h5-6,8,14H,3-4,7H2,1-2H3,(H,13,15). The van der Waals surface area contributed by atoms with Gasteiger partial charge in [0.2, 0.25) is 0 Å². The second-order valence-electron chi connectivity index (χ2n) is 3.62. The van der Waals surface area contributed by atoms with Crippen LogP contribution in [-0.4, -0.2) is 17.8 Å². The molecule has 0 radical (unpaired) electrons. The van der Waals surface area contributed by atoms with Crippen LogP contribution in [0.5, 0.6) is 5.75 Å². The fraction of sp³-hybridized carbons (Fsp3) is 0.417.